The Bertz CT molecular complexity index is 701. The molecule has 1 aliphatic carbocycles. The number of hydrogen-bond donors (Lipinski definition) is 2. The van der Waals surface area contributed by atoms with Gasteiger partial charge in [0.25, 0.3) is 0 Å². The van der Waals surface area contributed by atoms with Crippen molar-refractivity contribution in [2.75, 3.05) is 12.4 Å². The second-order valence-electron chi connectivity index (χ2n) is 5.67. The summed E-state index contributed by atoms with van der Waals surface area (Å²) in [5, 5.41) is 3.24. The van der Waals surface area contributed by atoms with E-state index >= 15 is 0 Å². The Morgan fingerprint density at radius 1 is 1.25 bits per heavy atom. The fourth-order valence-electron chi connectivity index (χ4n) is 2.87. The molecule has 5 nitrogen and oxygen atoms in total. The van der Waals surface area contributed by atoms with Gasteiger partial charge < -0.3 is 15.8 Å². The van der Waals surface area contributed by atoms with E-state index in [1.165, 1.54) is 24.0 Å². The fourth-order valence-corrected chi connectivity index (χ4v) is 2.87. The van der Waals surface area contributed by atoms with Crippen LogP contribution >= 0.6 is 24.0 Å². The number of aliphatic imine (C=N–C) groups is 1. The number of rotatable bonds is 4. The van der Waals surface area contributed by atoms with Gasteiger partial charge in [-0.2, -0.15) is 0 Å². The molecule has 1 aliphatic rings. The number of nitrogens with zero attached hydrogens (tertiary/aromatic N) is 2. The summed E-state index contributed by atoms with van der Waals surface area (Å²) in [7, 11) is 1.62. The van der Waals surface area contributed by atoms with Crippen molar-refractivity contribution in [1.29, 1.82) is 0 Å². The van der Waals surface area contributed by atoms with Crippen molar-refractivity contribution in [2.24, 2.45) is 10.7 Å². The van der Waals surface area contributed by atoms with Crippen LogP contribution in [0.2, 0.25) is 0 Å². The second-order valence-corrected chi connectivity index (χ2v) is 5.67. The number of benzene rings is 1. The molecular weight excluding hydrogens is 415 g/mol. The summed E-state index contributed by atoms with van der Waals surface area (Å²) >= 11 is 0. The summed E-state index contributed by atoms with van der Waals surface area (Å²) < 4.78 is 5.09. The Kier molecular flexibility index (Phi) is 6.84. The van der Waals surface area contributed by atoms with Crippen molar-refractivity contribution < 1.29 is 4.74 Å². The molecule has 0 radical (unpaired) electrons. The molecule has 6 heteroatoms. The lowest BCUT2D eigenvalue weighted by atomic mass is 9.90. The number of aromatic nitrogens is 1. The molecule has 0 unspecified atom stereocenters. The standard InChI is InChI=1S/C18H22N4O.HI/c1-23-15-10-9-14(20-12-15)11-21-18(19)22-17-8-4-6-13-5-2-3-7-16(13)17;/h4,6,8-10,12H,2-3,5,7,11H2,1H3,(H3,19,21,22);1H. The Labute approximate surface area is 159 Å². The van der Waals surface area contributed by atoms with Crippen molar-refractivity contribution in [3.63, 3.8) is 0 Å². The largest absolute Gasteiger partial charge is 0.495 e. The average molecular weight is 438 g/mol. The first-order valence-electron chi connectivity index (χ1n) is 7.93. The number of methoxy groups -OCH3 is 1. The van der Waals surface area contributed by atoms with Crippen molar-refractivity contribution in [3.8, 4) is 5.75 Å². The molecule has 3 N–H and O–H groups in total. The first kappa shape index (κ1) is 18.5. The number of hydrogen-bond acceptors (Lipinski definition) is 3. The second kappa shape index (κ2) is 8.86. The highest BCUT2D eigenvalue weighted by molar-refractivity contribution is 14.0. The van der Waals surface area contributed by atoms with Gasteiger partial charge >= 0.3 is 0 Å². The first-order valence-corrected chi connectivity index (χ1v) is 7.93. The number of aryl methyl sites for hydroxylation is 1. The van der Waals surface area contributed by atoms with Crippen LogP contribution in [0.25, 0.3) is 0 Å². The fraction of sp³-hybridized carbons (Fsp3) is 0.333. The molecule has 2 aromatic rings. The predicted molar refractivity (Wildman–Crippen MR) is 108 cm³/mol. The summed E-state index contributed by atoms with van der Waals surface area (Å²) in [6.45, 7) is 0.442. The van der Waals surface area contributed by atoms with Gasteiger partial charge in [0, 0.05) is 5.69 Å². The van der Waals surface area contributed by atoms with Crippen molar-refractivity contribution in [1.82, 2.24) is 4.98 Å². The van der Waals surface area contributed by atoms with Crippen LogP contribution in [-0.2, 0) is 19.4 Å². The molecule has 0 saturated heterocycles. The lowest BCUT2D eigenvalue weighted by Gasteiger charge is -2.19. The highest BCUT2D eigenvalue weighted by Gasteiger charge is 2.13. The lowest BCUT2D eigenvalue weighted by Crippen LogP contribution is -2.24. The maximum atomic E-state index is 6.03. The molecule has 1 aromatic heterocycles. The molecule has 0 bridgehead atoms. The maximum absolute atomic E-state index is 6.03. The molecule has 0 amide bonds. The van der Waals surface area contributed by atoms with Crippen molar-refractivity contribution in [2.45, 2.75) is 32.2 Å². The van der Waals surface area contributed by atoms with E-state index in [1.807, 2.05) is 12.1 Å². The molecule has 128 valence electrons. The van der Waals surface area contributed by atoms with E-state index in [2.05, 4.69) is 33.5 Å². The predicted octanol–water partition coefficient (Wildman–Crippen LogP) is 3.51. The van der Waals surface area contributed by atoms with E-state index in [4.69, 9.17) is 10.5 Å². The van der Waals surface area contributed by atoms with Crippen LogP contribution in [0.5, 0.6) is 5.75 Å². The van der Waals surface area contributed by atoms with Gasteiger partial charge in [-0.05, 0) is 55.0 Å². The van der Waals surface area contributed by atoms with E-state index in [-0.39, 0.29) is 24.0 Å². The molecule has 0 spiro atoms. The SMILES string of the molecule is COc1ccc(CN=C(N)Nc2cccc3c2CCCC3)nc1.I. The maximum Gasteiger partial charge on any atom is 0.193 e. The summed E-state index contributed by atoms with van der Waals surface area (Å²) in [4.78, 5) is 8.66. The Morgan fingerprint density at radius 3 is 2.83 bits per heavy atom. The molecule has 0 fully saturated rings. The molecular formula is C18H23IN4O. The molecule has 0 aliphatic heterocycles. The van der Waals surface area contributed by atoms with Gasteiger partial charge in [-0.3, -0.25) is 4.98 Å². The van der Waals surface area contributed by atoms with Gasteiger partial charge in [0.1, 0.15) is 5.75 Å². The van der Waals surface area contributed by atoms with E-state index in [1.54, 1.807) is 13.3 Å². The Hall–Kier alpha value is -1.83. The number of nitrogens with two attached hydrogens (primary N) is 1. The molecule has 24 heavy (non-hydrogen) atoms. The van der Waals surface area contributed by atoms with Gasteiger partial charge in [-0.1, -0.05) is 12.1 Å². The summed E-state index contributed by atoms with van der Waals surface area (Å²) in [6, 6.07) is 10.1. The number of halogens is 1. The number of nitrogens with one attached hydrogen (secondary N) is 1. The third-order valence-corrected chi connectivity index (χ3v) is 4.10. The highest BCUT2D eigenvalue weighted by Crippen LogP contribution is 2.27. The third-order valence-electron chi connectivity index (χ3n) is 4.10. The molecule has 1 aromatic carbocycles. The number of pyridine rings is 1. The van der Waals surface area contributed by atoms with E-state index < -0.39 is 0 Å². The Morgan fingerprint density at radius 2 is 2.08 bits per heavy atom. The minimum absolute atomic E-state index is 0. The van der Waals surface area contributed by atoms with E-state index in [9.17, 15) is 0 Å². The van der Waals surface area contributed by atoms with Crippen LogP contribution < -0.4 is 15.8 Å². The third kappa shape index (κ3) is 4.59. The van der Waals surface area contributed by atoms with E-state index in [0.717, 1.165) is 30.0 Å². The van der Waals surface area contributed by atoms with E-state index in [0.29, 0.717) is 12.5 Å². The summed E-state index contributed by atoms with van der Waals surface area (Å²) in [6.07, 6.45) is 6.44. The first-order chi connectivity index (χ1) is 11.3. The molecule has 0 saturated carbocycles. The zero-order valence-corrected chi connectivity index (χ0v) is 16.1. The minimum Gasteiger partial charge on any atom is -0.495 e. The summed E-state index contributed by atoms with van der Waals surface area (Å²) in [5.41, 5.74) is 10.8. The lowest BCUT2D eigenvalue weighted by molar-refractivity contribution is 0.412. The van der Waals surface area contributed by atoms with Crippen LogP contribution in [0, 0.1) is 0 Å². The van der Waals surface area contributed by atoms with Crippen LogP contribution in [0.15, 0.2) is 41.5 Å². The highest BCUT2D eigenvalue weighted by atomic mass is 127. The number of fused-ring (bicyclic) bond motifs is 1. The van der Waals surface area contributed by atoms with Gasteiger partial charge in [-0.25, -0.2) is 4.99 Å². The number of ether oxygens (including phenoxy) is 1. The van der Waals surface area contributed by atoms with Crippen molar-refractivity contribution >= 4 is 35.6 Å². The van der Waals surface area contributed by atoms with Gasteiger partial charge in [0.2, 0.25) is 0 Å². The Balaban J connectivity index is 0.00000208. The van der Waals surface area contributed by atoms with Crippen LogP contribution in [-0.4, -0.2) is 18.1 Å². The number of guanidine groups is 1. The summed E-state index contributed by atoms with van der Waals surface area (Å²) in [5.74, 6) is 1.15. The molecule has 1 heterocycles. The number of anilines is 1. The smallest absolute Gasteiger partial charge is 0.193 e. The van der Waals surface area contributed by atoms with Crippen molar-refractivity contribution in [3.05, 3.63) is 53.3 Å². The van der Waals surface area contributed by atoms with Crippen LogP contribution in [0.4, 0.5) is 5.69 Å². The van der Waals surface area contributed by atoms with Gasteiger partial charge in [0.15, 0.2) is 5.96 Å². The topological polar surface area (TPSA) is 72.5 Å². The quantitative estimate of drug-likeness (QED) is 0.436. The monoisotopic (exact) mass is 438 g/mol. The zero-order valence-electron chi connectivity index (χ0n) is 13.8. The van der Waals surface area contributed by atoms with Gasteiger partial charge in [-0.15, -0.1) is 24.0 Å². The van der Waals surface area contributed by atoms with Crippen LogP contribution in [0.3, 0.4) is 0 Å². The average Bonchev–Trinajstić information content (AvgIpc) is 2.61. The molecule has 3 rings (SSSR count). The zero-order chi connectivity index (χ0) is 16.1. The normalized spacial score (nSPS) is 13.6. The minimum atomic E-state index is 0. The van der Waals surface area contributed by atoms with Crippen LogP contribution in [0.1, 0.15) is 29.7 Å². The van der Waals surface area contributed by atoms with Gasteiger partial charge in [0.05, 0.1) is 25.5 Å². The molecule has 0 atom stereocenters.